The van der Waals surface area contributed by atoms with Gasteiger partial charge in [-0.05, 0) is 42.9 Å². The van der Waals surface area contributed by atoms with Crippen LogP contribution >= 0.6 is 0 Å². The van der Waals surface area contributed by atoms with Crippen LogP contribution in [0.1, 0.15) is 43.7 Å². The lowest BCUT2D eigenvalue weighted by atomic mass is 9.89. The van der Waals surface area contributed by atoms with Gasteiger partial charge in [0.2, 0.25) is 0 Å². The van der Waals surface area contributed by atoms with Gasteiger partial charge in [0.15, 0.2) is 0 Å². The van der Waals surface area contributed by atoms with Crippen LogP contribution in [0, 0.1) is 12.8 Å². The second-order valence-electron chi connectivity index (χ2n) is 6.31. The van der Waals surface area contributed by atoms with Crippen LogP contribution in [0.3, 0.4) is 0 Å². The Hall–Kier alpha value is -0.970. The fourth-order valence-electron chi connectivity index (χ4n) is 2.89. The predicted octanol–water partition coefficient (Wildman–Crippen LogP) is 2.44. The number of nitrogens with one attached hydrogen (secondary N) is 1. The summed E-state index contributed by atoms with van der Waals surface area (Å²) in [6.07, 6.45) is 8.40. The molecular weight excluding hydrogens is 264 g/mol. The second kappa shape index (κ2) is 8.47. The van der Waals surface area contributed by atoms with Crippen LogP contribution in [0.5, 0.6) is 0 Å². The number of aryl methyl sites for hydroxylation is 1. The maximum Gasteiger partial charge on any atom is 0.0897 e. The van der Waals surface area contributed by atoms with Gasteiger partial charge in [-0.1, -0.05) is 19.8 Å². The topological polar surface area (TPSA) is 54.4 Å². The molecule has 2 N–H and O–H groups in total. The van der Waals surface area contributed by atoms with Crippen molar-refractivity contribution >= 4 is 0 Å². The largest absolute Gasteiger partial charge is 0.389 e. The molecule has 0 aliphatic heterocycles. The van der Waals surface area contributed by atoms with Crippen LogP contribution in [-0.4, -0.2) is 35.5 Å². The molecule has 0 amide bonds. The second-order valence-corrected chi connectivity index (χ2v) is 6.31. The molecule has 118 valence electrons. The first kappa shape index (κ1) is 16.4. The van der Waals surface area contributed by atoms with E-state index in [1.54, 1.807) is 6.20 Å². The summed E-state index contributed by atoms with van der Waals surface area (Å²) in [5.41, 5.74) is 2.39. The third kappa shape index (κ3) is 5.73. The Morgan fingerprint density at radius 2 is 2.33 bits per heavy atom. The first-order valence-electron chi connectivity index (χ1n) is 8.05. The number of rotatable bonds is 7. The van der Waals surface area contributed by atoms with Crippen molar-refractivity contribution in [2.45, 2.75) is 58.3 Å². The zero-order valence-corrected chi connectivity index (χ0v) is 13.2. The highest BCUT2D eigenvalue weighted by atomic mass is 16.5. The predicted molar refractivity (Wildman–Crippen MR) is 84.1 cm³/mol. The number of hydrogen-bond donors (Lipinski definition) is 2. The van der Waals surface area contributed by atoms with E-state index in [4.69, 9.17) is 4.74 Å². The maximum absolute atomic E-state index is 9.99. The van der Waals surface area contributed by atoms with E-state index in [2.05, 4.69) is 24.1 Å². The van der Waals surface area contributed by atoms with Crippen molar-refractivity contribution in [1.29, 1.82) is 0 Å². The number of pyridine rings is 1. The lowest BCUT2D eigenvalue weighted by molar-refractivity contribution is -0.0306. The number of nitrogens with zero attached hydrogens (tertiary/aromatic N) is 1. The normalized spacial score (nSPS) is 24.0. The van der Waals surface area contributed by atoms with Gasteiger partial charge < -0.3 is 15.2 Å². The summed E-state index contributed by atoms with van der Waals surface area (Å²) in [6.45, 7) is 6.07. The van der Waals surface area contributed by atoms with Gasteiger partial charge in [0, 0.05) is 25.5 Å². The number of aromatic nitrogens is 1. The molecule has 1 aromatic heterocycles. The fourth-order valence-corrected chi connectivity index (χ4v) is 2.89. The fraction of sp³-hybridized carbons (Fsp3) is 0.706. The molecule has 21 heavy (non-hydrogen) atoms. The Kier molecular flexibility index (Phi) is 6.61. The van der Waals surface area contributed by atoms with E-state index < -0.39 is 6.10 Å². The molecule has 3 unspecified atom stereocenters. The molecule has 0 bridgehead atoms. The van der Waals surface area contributed by atoms with E-state index in [-0.39, 0.29) is 0 Å². The van der Waals surface area contributed by atoms with Crippen LogP contribution in [0.25, 0.3) is 0 Å². The molecule has 1 fully saturated rings. The van der Waals surface area contributed by atoms with Crippen molar-refractivity contribution in [3.05, 3.63) is 29.6 Å². The summed E-state index contributed by atoms with van der Waals surface area (Å²) in [7, 11) is 0. The Balaban J connectivity index is 1.61. The minimum atomic E-state index is -0.445. The Morgan fingerprint density at radius 3 is 3.10 bits per heavy atom. The van der Waals surface area contributed by atoms with Gasteiger partial charge >= 0.3 is 0 Å². The first-order chi connectivity index (χ1) is 10.1. The number of hydrogen-bond acceptors (Lipinski definition) is 4. The molecule has 2 rings (SSSR count). The van der Waals surface area contributed by atoms with E-state index >= 15 is 0 Å². The van der Waals surface area contributed by atoms with Gasteiger partial charge in [0.1, 0.15) is 0 Å². The SMILES string of the molecule is Cc1ccncc1CNCC(O)COC1CCCC(C)C1. The highest BCUT2D eigenvalue weighted by Gasteiger charge is 2.20. The van der Waals surface area contributed by atoms with Crippen molar-refractivity contribution in [3.8, 4) is 0 Å². The van der Waals surface area contributed by atoms with Crippen molar-refractivity contribution in [3.63, 3.8) is 0 Å². The Morgan fingerprint density at radius 1 is 1.48 bits per heavy atom. The van der Waals surface area contributed by atoms with Gasteiger partial charge in [0.05, 0.1) is 18.8 Å². The summed E-state index contributed by atoms with van der Waals surface area (Å²) in [4.78, 5) is 4.12. The zero-order chi connectivity index (χ0) is 15.1. The molecule has 1 aliphatic rings. The molecule has 1 aliphatic carbocycles. The van der Waals surface area contributed by atoms with E-state index in [1.807, 2.05) is 12.3 Å². The number of aliphatic hydroxyl groups excluding tert-OH is 1. The Bertz CT molecular complexity index is 425. The minimum absolute atomic E-state index is 0.337. The minimum Gasteiger partial charge on any atom is -0.389 e. The van der Waals surface area contributed by atoms with Crippen molar-refractivity contribution < 1.29 is 9.84 Å². The Labute approximate surface area is 127 Å². The monoisotopic (exact) mass is 292 g/mol. The van der Waals surface area contributed by atoms with Crippen molar-refractivity contribution in [1.82, 2.24) is 10.3 Å². The molecule has 1 aromatic rings. The number of ether oxygens (including phenoxy) is 1. The van der Waals surface area contributed by atoms with Gasteiger partial charge in [-0.3, -0.25) is 4.98 Å². The smallest absolute Gasteiger partial charge is 0.0897 e. The molecule has 0 saturated heterocycles. The summed E-state index contributed by atoms with van der Waals surface area (Å²) in [6, 6.07) is 2.00. The highest BCUT2D eigenvalue weighted by Crippen LogP contribution is 2.25. The third-order valence-electron chi connectivity index (χ3n) is 4.26. The maximum atomic E-state index is 9.99. The van der Waals surface area contributed by atoms with Crippen LogP contribution in [0.15, 0.2) is 18.5 Å². The molecule has 0 aromatic carbocycles. The lowest BCUT2D eigenvalue weighted by Crippen LogP contribution is -2.33. The summed E-state index contributed by atoms with van der Waals surface area (Å²) in [5.74, 6) is 0.757. The van der Waals surface area contributed by atoms with Gasteiger partial charge in [-0.25, -0.2) is 0 Å². The average Bonchev–Trinajstić information content (AvgIpc) is 2.47. The average molecular weight is 292 g/mol. The van der Waals surface area contributed by atoms with Crippen LogP contribution < -0.4 is 5.32 Å². The van der Waals surface area contributed by atoms with Crippen molar-refractivity contribution in [2.75, 3.05) is 13.2 Å². The summed E-state index contributed by atoms with van der Waals surface area (Å²) >= 11 is 0. The summed E-state index contributed by atoms with van der Waals surface area (Å²) < 4.78 is 5.84. The standard InChI is InChI=1S/C17H28N2O2/c1-13-4-3-5-17(8-13)21-12-16(20)11-19-10-15-9-18-7-6-14(15)2/h6-7,9,13,16-17,19-20H,3-5,8,10-12H2,1-2H3. The van der Waals surface area contributed by atoms with Crippen LogP contribution in [0.2, 0.25) is 0 Å². The molecule has 4 nitrogen and oxygen atoms in total. The van der Waals surface area contributed by atoms with E-state index in [0.29, 0.717) is 19.3 Å². The van der Waals surface area contributed by atoms with E-state index in [0.717, 1.165) is 25.3 Å². The molecule has 4 heteroatoms. The zero-order valence-electron chi connectivity index (χ0n) is 13.2. The lowest BCUT2D eigenvalue weighted by Gasteiger charge is -2.27. The first-order valence-corrected chi connectivity index (χ1v) is 8.05. The van der Waals surface area contributed by atoms with Crippen LogP contribution in [0.4, 0.5) is 0 Å². The molecule has 1 saturated carbocycles. The van der Waals surface area contributed by atoms with E-state index in [1.165, 1.54) is 24.0 Å². The van der Waals surface area contributed by atoms with Crippen molar-refractivity contribution in [2.24, 2.45) is 5.92 Å². The molecule has 3 atom stereocenters. The molecule has 0 spiro atoms. The third-order valence-corrected chi connectivity index (χ3v) is 4.26. The molecular formula is C17H28N2O2. The van der Waals surface area contributed by atoms with Gasteiger partial charge in [-0.15, -0.1) is 0 Å². The van der Waals surface area contributed by atoms with E-state index in [9.17, 15) is 5.11 Å². The molecule has 0 radical (unpaired) electrons. The highest BCUT2D eigenvalue weighted by molar-refractivity contribution is 5.20. The van der Waals surface area contributed by atoms with Gasteiger partial charge in [-0.2, -0.15) is 0 Å². The van der Waals surface area contributed by atoms with Crippen LogP contribution in [-0.2, 0) is 11.3 Å². The molecule has 1 heterocycles. The quantitative estimate of drug-likeness (QED) is 0.810. The number of aliphatic hydroxyl groups is 1. The van der Waals surface area contributed by atoms with Gasteiger partial charge in [0.25, 0.3) is 0 Å². The summed E-state index contributed by atoms with van der Waals surface area (Å²) in [5, 5.41) is 13.3.